The molecule has 0 spiro atoms. The highest BCUT2D eigenvalue weighted by molar-refractivity contribution is 6.00. The Balaban J connectivity index is 2.21. The number of esters is 2. The fourth-order valence-corrected chi connectivity index (χ4v) is 2.03. The van der Waals surface area contributed by atoms with Crippen LogP contribution in [0, 0.1) is 0 Å². The van der Waals surface area contributed by atoms with Crippen molar-refractivity contribution in [3.63, 3.8) is 0 Å². The smallest absolute Gasteiger partial charge is 0.310 e. The highest BCUT2D eigenvalue weighted by atomic mass is 16.7. The van der Waals surface area contributed by atoms with Crippen LogP contribution in [0.1, 0.15) is 24.2 Å². The van der Waals surface area contributed by atoms with E-state index in [0.717, 1.165) is 25.0 Å². The second-order valence-corrected chi connectivity index (χ2v) is 4.86. The molecule has 0 aliphatic rings. The monoisotopic (exact) mass is 312 g/mol. The zero-order valence-corrected chi connectivity index (χ0v) is 12.8. The zero-order valence-electron chi connectivity index (χ0n) is 12.8. The number of carbonyl (C=O) groups is 3. The average molecular weight is 312 g/mol. The van der Waals surface area contributed by atoms with Gasteiger partial charge in [0.05, 0.1) is 0 Å². The number of hydrogen-bond acceptors (Lipinski definition) is 5. The van der Waals surface area contributed by atoms with Gasteiger partial charge in [-0.2, -0.15) is 0 Å². The highest BCUT2D eigenvalue weighted by Crippen LogP contribution is 2.20. The van der Waals surface area contributed by atoms with Crippen molar-refractivity contribution in [2.24, 2.45) is 0 Å². The molecule has 0 N–H and O–H groups in total. The van der Waals surface area contributed by atoms with Crippen LogP contribution < -0.4 is 0 Å². The molecule has 118 valence electrons. The van der Waals surface area contributed by atoms with Gasteiger partial charge in [0.15, 0.2) is 0 Å². The predicted octanol–water partition coefficient (Wildman–Crippen LogP) is 2.99. The molecule has 0 fully saturated rings. The van der Waals surface area contributed by atoms with Gasteiger partial charge in [-0.05, 0) is 11.1 Å². The van der Waals surface area contributed by atoms with Crippen molar-refractivity contribution in [2.45, 2.75) is 20.1 Å². The molecule has 0 amide bonds. The third kappa shape index (κ3) is 4.51. The van der Waals surface area contributed by atoms with E-state index in [9.17, 15) is 14.4 Å². The molecule has 2 aromatic carbocycles. The van der Waals surface area contributed by atoms with Gasteiger partial charge in [0.25, 0.3) is 0 Å². The normalized spacial score (nSPS) is 10.2. The van der Waals surface area contributed by atoms with Gasteiger partial charge in [0, 0.05) is 19.4 Å². The Hall–Kier alpha value is -2.95. The van der Waals surface area contributed by atoms with E-state index in [2.05, 4.69) is 0 Å². The molecular formula is C18H16O5. The highest BCUT2D eigenvalue weighted by Gasteiger charge is 2.26. The van der Waals surface area contributed by atoms with Crippen LogP contribution in [-0.4, -0.2) is 24.0 Å². The standard InChI is InChI=1S/C18H16O5/c1-12(19)22-18(23-13(2)20)17(21)16-10-8-15(9-11-16)14-6-4-3-5-7-14/h3-11,18H,1-2H3. The molecule has 2 aromatic rings. The summed E-state index contributed by atoms with van der Waals surface area (Å²) in [5, 5.41) is 0. The first-order valence-electron chi connectivity index (χ1n) is 7.01. The van der Waals surface area contributed by atoms with E-state index >= 15 is 0 Å². The SMILES string of the molecule is CC(=O)OC(OC(C)=O)C(=O)c1ccc(-c2ccccc2)cc1. The quantitative estimate of drug-likeness (QED) is 0.482. The minimum absolute atomic E-state index is 0.289. The van der Waals surface area contributed by atoms with E-state index in [0.29, 0.717) is 0 Å². The molecule has 0 aliphatic heterocycles. The van der Waals surface area contributed by atoms with E-state index < -0.39 is 24.0 Å². The molecule has 0 heterocycles. The number of hydrogen-bond donors (Lipinski definition) is 0. The summed E-state index contributed by atoms with van der Waals surface area (Å²) in [5.41, 5.74) is 2.25. The molecule has 0 bridgehead atoms. The molecule has 0 aromatic heterocycles. The molecule has 0 atom stereocenters. The molecule has 0 radical (unpaired) electrons. The van der Waals surface area contributed by atoms with E-state index in [4.69, 9.17) is 9.47 Å². The Labute approximate surface area is 133 Å². The average Bonchev–Trinajstić information content (AvgIpc) is 2.54. The van der Waals surface area contributed by atoms with Gasteiger partial charge >= 0.3 is 18.2 Å². The lowest BCUT2D eigenvalue weighted by atomic mass is 10.0. The fraction of sp³-hybridized carbons (Fsp3) is 0.167. The van der Waals surface area contributed by atoms with E-state index in [1.54, 1.807) is 24.3 Å². The number of benzene rings is 2. The maximum atomic E-state index is 12.3. The molecule has 5 nitrogen and oxygen atoms in total. The Bertz CT molecular complexity index is 688. The van der Waals surface area contributed by atoms with Gasteiger partial charge in [0.1, 0.15) is 0 Å². The molecule has 0 saturated carbocycles. The van der Waals surface area contributed by atoms with E-state index in [1.807, 2.05) is 30.3 Å². The Morgan fingerprint density at radius 2 is 1.22 bits per heavy atom. The summed E-state index contributed by atoms with van der Waals surface area (Å²) in [7, 11) is 0. The van der Waals surface area contributed by atoms with Crippen molar-refractivity contribution in [3.8, 4) is 11.1 Å². The summed E-state index contributed by atoms with van der Waals surface area (Å²) < 4.78 is 9.52. The van der Waals surface area contributed by atoms with E-state index in [1.165, 1.54) is 0 Å². The summed E-state index contributed by atoms with van der Waals surface area (Å²) in [4.78, 5) is 34.4. The predicted molar refractivity (Wildman–Crippen MR) is 83.5 cm³/mol. The van der Waals surface area contributed by atoms with Gasteiger partial charge in [-0.15, -0.1) is 0 Å². The van der Waals surface area contributed by atoms with Crippen molar-refractivity contribution < 1.29 is 23.9 Å². The summed E-state index contributed by atoms with van der Waals surface area (Å²) in [5.74, 6) is -1.99. The van der Waals surface area contributed by atoms with Gasteiger partial charge in [-0.3, -0.25) is 14.4 Å². The van der Waals surface area contributed by atoms with Crippen LogP contribution in [0.25, 0.3) is 11.1 Å². The lowest BCUT2D eigenvalue weighted by Gasteiger charge is -2.15. The minimum Gasteiger partial charge on any atom is -0.417 e. The van der Waals surface area contributed by atoms with Crippen LogP contribution in [0.3, 0.4) is 0 Å². The molecule has 2 rings (SSSR count). The van der Waals surface area contributed by atoms with Crippen LogP contribution >= 0.6 is 0 Å². The van der Waals surface area contributed by atoms with Crippen molar-refractivity contribution >= 4 is 17.7 Å². The summed E-state index contributed by atoms with van der Waals surface area (Å²) in [6.07, 6.45) is -1.56. The number of Topliss-reactive ketones (excluding diaryl/α,β-unsaturated/α-hetero) is 1. The summed E-state index contributed by atoms with van der Waals surface area (Å²) in [6, 6.07) is 16.4. The van der Waals surface area contributed by atoms with Crippen LogP contribution in [0.2, 0.25) is 0 Å². The van der Waals surface area contributed by atoms with Crippen molar-refractivity contribution in [3.05, 3.63) is 60.2 Å². The van der Waals surface area contributed by atoms with Crippen LogP contribution in [0.5, 0.6) is 0 Å². The van der Waals surface area contributed by atoms with Crippen molar-refractivity contribution in [2.75, 3.05) is 0 Å². The molecule has 5 heteroatoms. The third-order valence-electron chi connectivity index (χ3n) is 3.04. The first-order valence-corrected chi connectivity index (χ1v) is 7.01. The topological polar surface area (TPSA) is 69.7 Å². The lowest BCUT2D eigenvalue weighted by molar-refractivity contribution is -0.176. The van der Waals surface area contributed by atoms with Crippen LogP contribution in [0.15, 0.2) is 54.6 Å². The number of ether oxygens (including phenoxy) is 2. The van der Waals surface area contributed by atoms with Gasteiger partial charge in [-0.1, -0.05) is 54.6 Å². The minimum atomic E-state index is -1.56. The molecule has 0 unspecified atom stereocenters. The summed E-state index contributed by atoms with van der Waals surface area (Å²) in [6.45, 7) is 2.28. The van der Waals surface area contributed by atoms with Gasteiger partial charge in [-0.25, -0.2) is 0 Å². The molecular weight excluding hydrogens is 296 g/mol. The second kappa shape index (κ2) is 7.35. The van der Waals surface area contributed by atoms with Crippen molar-refractivity contribution in [1.29, 1.82) is 0 Å². The van der Waals surface area contributed by atoms with Crippen LogP contribution in [-0.2, 0) is 19.1 Å². The Morgan fingerprint density at radius 3 is 1.70 bits per heavy atom. The van der Waals surface area contributed by atoms with Gasteiger partial charge in [0.2, 0.25) is 5.78 Å². The summed E-state index contributed by atoms with van der Waals surface area (Å²) >= 11 is 0. The van der Waals surface area contributed by atoms with E-state index in [-0.39, 0.29) is 5.56 Å². The van der Waals surface area contributed by atoms with Crippen molar-refractivity contribution in [1.82, 2.24) is 0 Å². The third-order valence-corrected chi connectivity index (χ3v) is 3.04. The van der Waals surface area contributed by atoms with Crippen LogP contribution in [0.4, 0.5) is 0 Å². The largest absolute Gasteiger partial charge is 0.417 e. The molecule has 0 saturated heterocycles. The molecule has 0 aliphatic carbocycles. The maximum absolute atomic E-state index is 12.3. The molecule has 23 heavy (non-hydrogen) atoms. The first-order chi connectivity index (χ1) is 11.0. The van der Waals surface area contributed by atoms with Gasteiger partial charge < -0.3 is 9.47 Å². The second-order valence-electron chi connectivity index (χ2n) is 4.86. The number of rotatable bonds is 5. The Morgan fingerprint density at radius 1 is 0.739 bits per heavy atom. The first kappa shape index (κ1) is 16.4. The number of carbonyl (C=O) groups excluding carboxylic acids is 3. The lowest BCUT2D eigenvalue weighted by Crippen LogP contribution is -2.31. The zero-order chi connectivity index (χ0) is 16.8. The Kier molecular flexibility index (Phi) is 5.25. The fourth-order valence-electron chi connectivity index (χ4n) is 2.03. The number of ketones is 1. The maximum Gasteiger partial charge on any atom is 0.310 e.